The predicted molar refractivity (Wildman–Crippen MR) is 84.6 cm³/mol. The molecule has 0 spiro atoms. The van der Waals surface area contributed by atoms with Crippen molar-refractivity contribution in [2.45, 2.75) is 76.9 Å². The molecule has 3 rings (SSSR count). The molecule has 1 N–H and O–H groups in total. The minimum absolute atomic E-state index is 0.357. The predicted octanol–water partition coefficient (Wildman–Crippen LogP) is 3.20. The van der Waals surface area contributed by atoms with Gasteiger partial charge in [0, 0.05) is 25.7 Å². The van der Waals surface area contributed by atoms with Crippen LogP contribution in [0.3, 0.4) is 0 Å². The van der Waals surface area contributed by atoms with Gasteiger partial charge in [-0.1, -0.05) is 26.2 Å². The Morgan fingerprint density at radius 2 is 1.91 bits per heavy atom. The van der Waals surface area contributed by atoms with Crippen molar-refractivity contribution in [1.82, 2.24) is 14.8 Å². The molecular formula is C17H29N3O2. The standard InChI is InChI=1S/C17H29N3O2/c1-2-10-20-17(15(21)13-6-4-3-5-7-13)18-16(19-20)14-8-11-22-12-9-14/h13-15,21H,2-12H2,1H3/t15-/m1/s1. The summed E-state index contributed by atoms with van der Waals surface area (Å²) in [5, 5.41) is 15.5. The lowest BCUT2D eigenvalue weighted by Gasteiger charge is -2.26. The lowest BCUT2D eigenvalue weighted by atomic mass is 9.85. The molecule has 2 heterocycles. The third kappa shape index (κ3) is 3.51. The molecule has 1 saturated heterocycles. The number of nitrogens with zero attached hydrogens (tertiary/aromatic N) is 3. The second kappa shape index (κ2) is 7.55. The molecule has 0 radical (unpaired) electrons. The van der Waals surface area contributed by atoms with Gasteiger partial charge in [0.05, 0.1) is 0 Å². The molecule has 1 aliphatic heterocycles. The molecule has 2 aliphatic rings. The van der Waals surface area contributed by atoms with E-state index in [2.05, 4.69) is 6.92 Å². The van der Waals surface area contributed by atoms with Crippen molar-refractivity contribution in [3.05, 3.63) is 11.6 Å². The highest BCUT2D eigenvalue weighted by atomic mass is 16.5. The van der Waals surface area contributed by atoms with Crippen LogP contribution >= 0.6 is 0 Å². The smallest absolute Gasteiger partial charge is 0.156 e. The number of hydrogen-bond donors (Lipinski definition) is 1. The van der Waals surface area contributed by atoms with Crippen molar-refractivity contribution in [3.63, 3.8) is 0 Å². The van der Waals surface area contributed by atoms with Crippen molar-refractivity contribution in [2.24, 2.45) is 5.92 Å². The first-order valence-electron chi connectivity index (χ1n) is 9.00. The summed E-state index contributed by atoms with van der Waals surface area (Å²) in [6, 6.07) is 0. The minimum atomic E-state index is -0.451. The molecule has 1 aromatic rings. The lowest BCUT2D eigenvalue weighted by Crippen LogP contribution is -2.20. The van der Waals surface area contributed by atoms with Gasteiger partial charge in [-0.3, -0.25) is 0 Å². The number of aryl methyl sites for hydroxylation is 1. The highest BCUT2D eigenvalue weighted by Gasteiger charge is 2.29. The molecule has 1 aromatic heterocycles. The Labute approximate surface area is 133 Å². The van der Waals surface area contributed by atoms with E-state index in [1.54, 1.807) is 0 Å². The van der Waals surface area contributed by atoms with Gasteiger partial charge in [0.25, 0.3) is 0 Å². The van der Waals surface area contributed by atoms with Crippen molar-refractivity contribution in [2.75, 3.05) is 13.2 Å². The highest BCUT2D eigenvalue weighted by Crippen LogP contribution is 2.34. The Hall–Kier alpha value is -0.940. The Morgan fingerprint density at radius 3 is 2.59 bits per heavy atom. The summed E-state index contributed by atoms with van der Waals surface area (Å²) >= 11 is 0. The molecule has 0 amide bonds. The van der Waals surface area contributed by atoms with Crippen LogP contribution in [0.1, 0.15) is 82.0 Å². The molecule has 0 bridgehead atoms. The van der Waals surface area contributed by atoms with Crippen molar-refractivity contribution >= 4 is 0 Å². The van der Waals surface area contributed by atoms with Crippen molar-refractivity contribution in [1.29, 1.82) is 0 Å². The van der Waals surface area contributed by atoms with E-state index in [-0.39, 0.29) is 0 Å². The molecule has 22 heavy (non-hydrogen) atoms. The van der Waals surface area contributed by atoms with Crippen LogP contribution in [0, 0.1) is 5.92 Å². The maximum absolute atomic E-state index is 10.8. The van der Waals surface area contributed by atoms with E-state index in [1.807, 2.05) is 4.68 Å². The Balaban J connectivity index is 1.79. The van der Waals surface area contributed by atoms with Gasteiger partial charge in [0.15, 0.2) is 11.6 Å². The average molecular weight is 307 g/mol. The molecule has 0 aromatic carbocycles. The van der Waals surface area contributed by atoms with Crippen LogP contribution in [0.5, 0.6) is 0 Å². The first-order valence-corrected chi connectivity index (χ1v) is 9.00. The first kappa shape index (κ1) is 15.9. The van der Waals surface area contributed by atoms with E-state index in [9.17, 15) is 5.11 Å². The third-order valence-corrected chi connectivity index (χ3v) is 5.10. The second-order valence-corrected chi connectivity index (χ2v) is 6.78. The highest BCUT2D eigenvalue weighted by molar-refractivity contribution is 5.04. The first-order chi connectivity index (χ1) is 10.8. The van der Waals surface area contributed by atoms with Crippen LogP contribution in [-0.2, 0) is 11.3 Å². The van der Waals surface area contributed by atoms with Crippen LogP contribution in [0.25, 0.3) is 0 Å². The summed E-state index contributed by atoms with van der Waals surface area (Å²) in [4.78, 5) is 4.77. The third-order valence-electron chi connectivity index (χ3n) is 5.10. The molecule has 5 nitrogen and oxygen atoms in total. The van der Waals surface area contributed by atoms with Crippen LogP contribution in [-0.4, -0.2) is 33.1 Å². The molecule has 1 aliphatic carbocycles. The van der Waals surface area contributed by atoms with Crippen LogP contribution < -0.4 is 0 Å². The van der Waals surface area contributed by atoms with Gasteiger partial charge in [0.1, 0.15) is 6.10 Å². The molecule has 2 fully saturated rings. The number of aromatic nitrogens is 3. The fraction of sp³-hybridized carbons (Fsp3) is 0.882. The zero-order valence-corrected chi connectivity index (χ0v) is 13.7. The van der Waals surface area contributed by atoms with Crippen LogP contribution in [0.15, 0.2) is 0 Å². The quantitative estimate of drug-likeness (QED) is 0.907. The van der Waals surface area contributed by atoms with E-state index in [4.69, 9.17) is 14.8 Å². The van der Waals surface area contributed by atoms with Gasteiger partial charge in [-0.05, 0) is 38.0 Å². The maximum atomic E-state index is 10.8. The Bertz CT molecular complexity index is 462. The summed E-state index contributed by atoms with van der Waals surface area (Å²) in [7, 11) is 0. The van der Waals surface area contributed by atoms with Gasteiger partial charge >= 0.3 is 0 Å². The molecular weight excluding hydrogens is 278 g/mol. The molecule has 1 atom stereocenters. The normalized spacial score (nSPS) is 22.8. The van der Waals surface area contributed by atoms with E-state index >= 15 is 0 Å². The molecule has 124 valence electrons. The number of rotatable bonds is 5. The molecule has 5 heteroatoms. The van der Waals surface area contributed by atoms with Gasteiger partial charge in [0.2, 0.25) is 0 Å². The largest absolute Gasteiger partial charge is 0.385 e. The molecule has 1 saturated carbocycles. The van der Waals surface area contributed by atoms with E-state index in [0.717, 1.165) is 63.5 Å². The van der Waals surface area contributed by atoms with E-state index in [1.165, 1.54) is 19.3 Å². The summed E-state index contributed by atoms with van der Waals surface area (Å²) < 4.78 is 7.40. The van der Waals surface area contributed by atoms with Crippen molar-refractivity contribution in [3.8, 4) is 0 Å². The van der Waals surface area contributed by atoms with Crippen LogP contribution in [0.4, 0.5) is 0 Å². The zero-order valence-electron chi connectivity index (χ0n) is 13.7. The Morgan fingerprint density at radius 1 is 1.18 bits per heavy atom. The van der Waals surface area contributed by atoms with E-state index in [0.29, 0.717) is 11.8 Å². The van der Waals surface area contributed by atoms with Gasteiger partial charge in [-0.25, -0.2) is 9.67 Å². The second-order valence-electron chi connectivity index (χ2n) is 6.78. The fourth-order valence-corrected chi connectivity index (χ4v) is 3.76. The topological polar surface area (TPSA) is 60.2 Å². The summed E-state index contributed by atoms with van der Waals surface area (Å²) in [5.74, 6) is 2.47. The Kier molecular flexibility index (Phi) is 5.47. The average Bonchev–Trinajstić information content (AvgIpc) is 3.00. The van der Waals surface area contributed by atoms with Gasteiger partial charge < -0.3 is 9.84 Å². The summed E-state index contributed by atoms with van der Waals surface area (Å²) in [5.41, 5.74) is 0. The fourth-order valence-electron chi connectivity index (χ4n) is 3.76. The summed E-state index contributed by atoms with van der Waals surface area (Å²) in [6.07, 6.45) is 8.56. The number of aliphatic hydroxyl groups excluding tert-OH is 1. The summed E-state index contributed by atoms with van der Waals surface area (Å²) in [6.45, 7) is 4.59. The maximum Gasteiger partial charge on any atom is 0.156 e. The zero-order chi connectivity index (χ0) is 15.4. The lowest BCUT2D eigenvalue weighted by molar-refractivity contribution is 0.0725. The van der Waals surface area contributed by atoms with E-state index < -0.39 is 6.10 Å². The monoisotopic (exact) mass is 307 g/mol. The number of hydrogen-bond acceptors (Lipinski definition) is 4. The number of aliphatic hydroxyl groups is 1. The SMILES string of the molecule is CCCn1nc(C2CCOCC2)nc1[C@H](O)C1CCCCC1. The van der Waals surface area contributed by atoms with Gasteiger partial charge in [-0.2, -0.15) is 5.10 Å². The number of ether oxygens (including phenoxy) is 1. The molecule has 0 unspecified atom stereocenters. The van der Waals surface area contributed by atoms with Gasteiger partial charge in [-0.15, -0.1) is 0 Å². The van der Waals surface area contributed by atoms with Crippen LogP contribution in [0.2, 0.25) is 0 Å². The minimum Gasteiger partial charge on any atom is -0.385 e. The van der Waals surface area contributed by atoms with Crippen molar-refractivity contribution < 1.29 is 9.84 Å².